The van der Waals surface area contributed by atoms with Gasteiger partial charge in [-0.25, -0.2) is 0 Å². The van der Waals surface area contributed by atoms with Crippen molar-refractivity contribution in [1.82, 2.24) is 9.80 Å². The first-order chi connectivity index (χ1) is 7.56. The Morgan fingerprint density at radius 2 is 1.88 bits per heavy atom. The van der Waals surface area contributed by atoms with Gasteiger partial charge in [0.15, 0.2) is 0 Å². The first kappa shape index (κ1) is 13.5. The first-order valence-electron chi connectivity index (χ1n) is 6.06. The van der Waals surface area contributed by atoms with Gasteiger partial charge in [-0.2, -0.15) is 0 Å². The van der Waals surface area contributed by atoms with Crippen LogP contribution in [0.15, 0.2) is 0 Å². The average Bonchev–Trinajstić information content (AvgIpc) is 2.51. The lowest BCUT2D eigenvalue weighted by Crippen LogP contribution is -2.42. The summed E-state index contributed by atoms with van der Waals surface area (Å²) in [5.74, 6) is -0.154. The molecule has 2 atom stereocenters. The Kier molecular flexibility index (Phi) is 5.22. The summed E-state index contributed by atoms with van der Waals surface area (Å²) < 4.78 is 4.80. The normalized spacial score (nSPS) is 23.5. The van der Waals surface area contributed by atoms with Crippen molar-refractivity contribution in [2.75, 3.05) is 40.3 Å². The molecule has 0 radical (unpaired) electrons. The molecule has 4 nitrogen and oxygen atoms in total. The Balaban J connectivity index is 2.52. The lowest BCUT2D eigenvalue weighted by Gasteiger charge is -2.30. The van der Waals surface area contributed by atoms with Crippen molar-refractivity contribution in [3.05, 3.63) is 0 Å². The molecule has 1 heterocycles. The Morgan fingerprint density at radius 3 is 2.50 bits per heavy atom. The minimum Gasteiger partial charge on any atom is -0.469 e. The Labute approximate surface area is 98.5 Å². The summed E-state index contributed by atoms with van der Waals surface area (Å²) >= 11 is 0. The number of methoxy groups -OCH3 is 1. The Hall–Kier alpha value is -0.610. The molecule has 1 rings (SSSR count). The van der Waals surface area contributed by atoms with Crippen LogP contribution < -0.4 is 0 Å². The van der Waals surface area contributed by atoms with Crippen LogP contribution in [-0.2, 0) is 9.53 Å². The summed E-state index contributed by atoms with van der Waals surface area (Å²) in [6.07, 6.45) is 1.18. The molecular formula is C12H24N2O2. The maximum absolute atomic E-state index is 11.5. The zero-order valence-corrected chi connectivity index (χ0v) is 10.9. The molecule has 0 spiro atoms. The molecular weight excluding hydrogens is 204 g/mol. The lowest BCUT2D eigenvalue weighted by atomic mass is 10.0. The number of ether oxygens (including phenoxy) is 1. The smallest absolute Gasteiger partial charge is 0.309 e. The fraction of sp³-hybridized carbons (Fsp3) is 0.917. The number of hydrogen-bond donors (Lipinski definition) is 0. The first-order valence-corrected chi connectivity index (χ1v) is 6.06. The standard InChI is InChI=1S/C12H24N2O2/c1-10(12(15)16-4)11(2)14-7-5-6-13(3)8-9-14/h10-11H,5-9H2,1-4H3. The van der Waals surface area contributed by atoms with Gasteiger partial charge < -0.3 is 9.64 Å². The third-order valence-corrected chi connectivity index (χ3v) is 3.63. The molecule has 1 aliphatic rings. The predicted octanol–water partition coefficient (Wildman–Crippen LogP) is 0.822. The van der Waals surface area contributed by atoms with E-state index in [-0.39, 0.29) is 17.9 Å². The van der Waals surface area contributed by atoms with Crippen LogP contribution in [0, 0.1) is 5.92 Å². The van der Waals surface area contributed by atoms with Gasteiger partial charge in [0, 0.05) is 19.1 Å². The molecule has 0 bridgehead atoms. The van der Waals surface area contributed by atoms with E-state index in [1.54, 1.807) is 0 Å². The van der Waals surface area contributed by atoms with Crippen LogP contribution in [0.25, 0.3) is 0 Å². The predicted molar refractivity (Wildman–Crippen MR) is 64.3 cm³/mol. The highest BCUT2D eigenvalue weighted by atomic mass is 16.5. The van der Waals surface area contributed by atoms with E-state index < -0.39 is 0 Å². The van der Waals surface area contributed by atoms with Crippen molar-refractivity contribution in [1.29, 1.82) is 0 Å². The van der Waals surface area contributed by atoms with Crippen LogP contribution in [-0.4, -0.2) is 62.1 Å². The Bertz CT molecular complexity index is 233. The van der Waals surface area contributed by atoms with Gasteiger partial charge in [0.25, 0.3) is 0 Å². The van der Waals surface area contributed by atoms with Crippen LogP contribution in [0.5, 0.6) is 0 Å². The minimum absolute atomic E-state index is 0.0478. The maximum atomic E-state index is 11.5. The maximum Gasteiger partial charge on any atom is 0.309 e. The second-order valence-electron chi connectivity index (χ2n) is 4.75. The highest BCUT2D eigenvalue weighted by Crippen LogP contribution is 2.14. The van der Waals surface area contributed by atoms with E-state index in [0.29, 0.717) is 0 Å². The molecule has 0 N–H and O–H groups in total. The van der Waals surface area contributed by atoms with Crippen LogP contribution in [0.1, 0.15) is 20.3 Å². The molecule has 4 heteroatoms. The summed E-state index contributed by atoms with van der Waals surface area (Å²) in [6.45, 7) is 8.41. The fourth-order valence-corrected chi connectivity index (χ4v) is 2.17. The SMILES string of the molecule is COC(=O)C(C)C(C)N1CCCN(C)CC1. The van der Waals surface area contributed by atoms with Crippen molar-refractivity contribution in [3.8, 4) is 0 Å². The molecule has 0 aromatic carbocycles. The summed E-state index contributed by atoms with van der Waals surface area (Å²) in [4.78, 5) is 16.2. The number of esters is 1. The van der Waals surface area contributed by atoms with E-state index in [0.717, 1.165) is 26.2 Å². The van der Waals surface area contributed by atoms with Gasteiger partial charge in [0.1, 0.15) is 0 Å². The van der Waals surface area contributed by atoms with Crippen LogP contribution in [0.2, 0.25) is 0 Å². The van der Waals surface area contributed by atoms with Crippen LogP contribution in [0.4, 0.5) is 0 Å². The molecule has 1 aliphatic heterocycles. The number of nitrogens with zero attached hydrogens (tertiary/aromatic N) is 2. The summed E-state index contributed by atoms with van der Waals surface area (Å²) in [5, 5.41) is 0. The molecule has 94 valence electrons. The van der Waals surface area contributed by atoms with Gasteiger partial charge in [-0.1, -0.05) is 6.92 Å². The second kappa shape index (κ2) is 6.21. The van der Waals surface area contributed by atoms with Gasteiger partial charge in [-0.05, 0) is 33.5 Å². The molecule has 0 aromatic rings. The molecule has 0 aromatic heterocycles. The number of hydrogen-bond acceptors (Lipinski definition) is 4. The molecule has 1 fully saturated rings. The summed E-state index contributed by atoms with van der Waals surface area (Å²) in [5.41, 5.74) is 0. The molecule has 0 saturated carbocycles. The average molecular weight is 228 g/mol. The van der Waals surface area contributed by atoms with Crippen molar-refractivity contribution in [2.45, 2.75) is 26.3 Å². The molecule has 2 unspecified atom stereocenters. The van der Waals surface area contributed by atoms with Crippen molar-refractivity contribution in [2.24, 2.45) is 5.92 Å². The van der Waals surface area contributed by atoms with Gasteiger partial charge in [-0.15, -0.1) is 0 Å². The minimum atomic E-state index is -0.106. The highest BCUT2D eigenvalue weighted by molar-refractivity contribution is 5.72. The van der Waals surface area contributed by atoms with Crippen molar-refractivity contribution >= 4 is 5.97 Å². The molecule has 0 amide bonds. The highest BCUT2D eigenvalue weighted by Gasteiger charge is 2.27. The van der Waals surface area contributed by atoms with E-state index in [4.69, 9.17) is 4.74 Å². The van der Waals surface area contributed by atoms with Gasteiger partial charge in [0.2, 0.25) is 0 Å². The molecule has 0 aliphatic carbocycles. The fourth-order valence-electron chi connectivity index (χ4n) is 2.17. The van der Waals surface area contributed by atoms with E-state index in [1.807, 2.05) is 6.92 Å². The summed E-state index contributed by atoms with van der Waals surface area (Å²) in [7, 11) is 3.61. The monoisotopic (exact) mass is 228 g/mol. The van der Waals surface area contributed by atoms with Crippen molar-refractivity contribution < 1.29 is 9.53 Å². The third kappa shape index (κ3) is 3.46. The largest absolute Gasteiger partial charge is 0.469 e. The van der Waals surface area contributed by atoms with E-state index in [9.17, 15) is 4.79 Å². The number of carbonyl (C=O) groups is 1. The van der Waals surface area contributed by atoms with Gasteiger partial charge in [-0.3, -0.25) is 9.69 Å². The topological polar surface area (TPSA) is 32.8 Å². The zero-order valence-electron chi connectivity index (χ0n) is 10.9. The number of likely N-dealkylation sites (N-methyl/N-ethyl adjacent to an activating group) is 1. The van der Waals surface area contributed by atoms with Crippen molar-refractivity contribution in [3.63, 3.8) is 0 Å². The van der Waals surface area contributed by atoms with Gasteiger partial charge >= 0.3 is 5.97 Å². The van der Waals surface area contributed by atoms with Crippen LogP contribution in [0.3, 0.4) is 0 Å². The Morgan fingerprint density at radius 1 is 1.19 bits per heavy atom. The van der Waals surface area contributed by atoms with E-state index in [1.165, 1.54) is 13.5 Å². The molecule has 1 saturated heterocycles. The van der Waals surface area contributed by atoms with Gasteiger partial charge in [0.05, 0.1) is 13.0 Å². The zero-order chi connectivity index (χ0) is 12.1. The second-order valence-corrected chi connectivity index (χ2v) is 4.75. The van der Waals surface area contributed by atoms with E-state index in [2.05, 4.69) is 23.8 Å². The number of carbonyl (C=O) groups excluding carboxylic acids is 1. The third-order valence-electron chi connectivity index (χ3n) is 3.63. The van der Waals surface area contributed by atoms with Crippen LogP contribution >= 0.6 is 0 Å². The molecule has 16 heavy (non-hydrogen) atoms. The summed E-state index contributed by atoms with van der Waals surface area (Å²) in [6, 6.07) is 0.263. The lowest BCUT2D eigenvalue weighted by molar-refractivity contribution is -0.147. The quantitative estimate of drug-likeness (QED) is 0.670. The van der Waals surface area contributed by atoms with E-state index >= 15 is 0 Å². The number of rotatable bonds is 3.